The Kier molecular flexibility index (Phi) is 3.23. The molecule has 0 bridgehead atoms. The predicted molar refractivity (Wildman–Crippen MR) is 68.3 cm³/mol. The third-order valence-corrected chi connectivity index (χ3v) is 4.31. The van der Waals surface area contributed by atoms with Crippen LogP contribution in [0.15, 0.2) is 40.1 Å². The third-order valence-electron chi connectivity index (χ3n) is 2.57. The summed E-state index contributed by atoms with van der Waals surface area (Å²) in [7, 11) is -9.09. The Hall–Kier alpha value is -2.06. The minimum Gasteiger partial charge on any atom is -0.282 e. The van der Waals surface area contributed by atoms with Gasteiger partial charge in [-0.15, -0.1) is 0 Å². The van der Waals surface area contributed by atoms with Gasteiger partial charge in [0.2, 0.25) is 5.39 Å². The molecule has 0 spiro atoms. The summed E-state index contributed by atoms with van der Waals surface area (Å²) in [5.41, 5.74) is -0.389. The summed E-state index contributed by atoms with van der Waals surface area (Å²) in [4.78, 5) is 1.64. The van der Waals surface area contributed by atoms with Crippen LogP contribution in [0.5, 0.6) is 0 Å². The molecule has 2 N–H and O–H groups in total. The summed E-state index contributed by atoms with van der Waals surface area (Å²) in [6, 6.07) is 5.51. The lowest BCUT2D eigenvalue weighted by Gasteiger charge is -2.01. The SMILES string of the molecule is N#[N+]c1cc2ccc(S(=O)(=O)O)cc2cc1S(=O)(=O)O. The Morgan fingerprint density at radius 3 is 2.05 bits per heavy atom. The van der Waals surface area contributed by atoms with E-state index in [0.29, 0.717) is 5.39 Å². The molecule has 0 saturated heterocycles. The van der Waals surface area contributed by atoms with E-state index >= 15 is 0 Å². The van der Waals surface area contributed by atoms with Crippen molar-refractivity contribution in [2.45, 2.75) is 9.79 Å². The zero-order chi connectivity index (χ0) is 15.1. The van der Waals surface area contributed by atoms with Crippen LogP contribution in [0.2, 0.25) is 0 Å². The van der Waals surface area contributed by atoms with Crippen molar-refractivity contribution in [1.82, 2.24) is 0 Å². The van der Waals surface area contributed by atoms with Gasteiger partial charge >= 0.3 is 15.8 Å². The van der Waals surface area contributed by atoms with Crippen molar-refractivity contribution in [3.63, 3.8) is 0 Å². The molecular formula is C10H7N2O6S2+. The molecule has 0 atom stereocenters. The fourth-order valence-corrected chi connectivity index (χ4v) is 2.84. The Bertz CT molecular complexity index is 957. The molecular weight excluding hydrogens is 308 g/mol. The van der Waals surface area contributed by atoms with Crippen molar-refractivity contribution in [2.75, 3.05) is 0 Å². The maximum atomic E-state index is 11.2. The minimum absolute atomic E-state index is 0.125. The van der Waals surface area contributed by atoms with Gasteiger partial charge < -0.3 is 0 Å². The number of hydrogen-bond acceptors (Lipinski definition) is 5. The summed E-state index contributed by atoms with van der Waals surface area (Å²) in [6.07, 6.45) is 0. The molecule has 0 saturated carbocycles. The Labute approximate surface area is 113 Å². The van der Waals surface area contributed by atoms with E-state index in [1.54, 1.807) is 0 Å². The highest BCUT2D eigenvalue weighted by molar-refractivity contribution is 7.86. The van der Waals surface area contributed by atoms with E-state index in [0.717, 1.165) is 24.3 Å². The molecule has 0 aliphatic heterocycles. The lowest BCUT2D eigenvalue weighted by atomic mass is 10.1. The Morgan fingerprint density at radius 2 is 1.55 bits per heavy atom. The second kappa shape index (κ2) is 4.50. The maximum Gasteiger partial charge on any atom is 0.406 e. The van der Waals surface area contributed by atoms with E-state index in [2.05, 4.69) is 4.98 Å². The topological polar surface area (TPSA) is 137 Å². The van der Waals surface area contributed by atoms with Gasteiger partial charge in [-0.1, -0.05) is 6.07 Å². The highest BCUT2D eigenvalue weighted by Crippen LogP contribution is 2.31. The molecule has 0 fully saturated rings. The van der Waals surface area contributed by atoms with Gasteiger partial charge in [0.25, 0.3) is 10.1 Å². The smallest absolute Gasteiger partial charge is 0.282 e. The second-order valence-corrected chi connectivity index (χ2v) is 6.69. The van der Waals surface area contributed by atoms with Crippen molar-refractivity contribution in [1.29, 1.82) is 5.39 Å². The Balaban J connectivity index is 2.88. The van der Waals surface area contributed by atoms with Crippen LogP contribution in [0.25, 0.3) is 15.7 Å². The fourth-order valence-electron chi connectivity index (χ4n) is 1.69. The molecule has 0 amide bonds. The molecule has 2 rings (SSSR count). The lowest BCUT2D eigenvalue weighted by Crippen LogP contribution is -2.00. The number of nitrogens with zero attached hydrogens (tertiary/aromatic N) is 2. The number of rotatable bonds is 2. The van der Waals surface area contributed by atoms with Gasteiger partial charge in [-0.25, -0.2) is 0 Å². The highest BCUT2D eigenvalue weighted by atomic mass is 32.2. The van der Waals surface area contributed by atoms with Crippen LogP contribution in [0.4, 0.5) is 5.69 Å². The summed E-state index contributed by atoms with van der Waals surface area (Å²) in [5.74, 6) is 0. The van der Waals surface area contributed by atoms with E-state index < -0.39 is 30.0 Å². The predicted octanol–water partition coefficient (Wildman–Crippen LogP) is 1.82. The molecule has 0 aromatic heterocycles. The molecule has 20 heavy (non-hydrogen) atoms. The number of hydrogen-bond donors (Lipinski definition) is 2. The molecule has 2 aromatic carbocycles. The second-order valence-electron chi connectivity index (χ2n) is 3.88. The normalized spacial score (nSPS) is 12.2. The summed E-state index contributed by atoms with van der Waals surface area (Å²) in [6.45, 7) is 0. The maximum absolute atomic E-state index is 11.2. The van der Waals surface area contributed by atoms with Crippen LogP contribution in [0, 0.1) is 5.39 Å². The van der Waals surface area contributed by atoms with Crippen LogP contribution >= 0.6 is 0 Å². The molecule has 8 nitrogen and oxygen atoms in total. The van der Waals surface area contributed by atoms with E-state index in [1.807, 2.05) is 0 Å². The first-order valence-corrected chi connectivity index (χ1v) is 7.89. The Morgan fingerprint density at radius 1 is 0.900 bits per heavy atom. The summed E-state index contributed by atoms with van der Waals surface area (Å²) < 4.78 is 62.3. The van der Waals surface area contributed by atoms with Crippen LogP contribution in [0.1, 0.15) is 0 Å². The van der Waals surface area contributed by atoms with Gasteiger partial charge in [0.15, 0.2) is 9.87 Å². The average Bonchev–Trinajstić information content (AvgIpc) is 2.34. The number of benzene rings is 2. The summed E-state index contributed by atoms with van der Waals surface area (Å²) in [5, 5.41) is 9.22. The lowest BCUT2D eigenvalue weighted by molar-refractivity contribution is 0.481. The first-order valence-electron chi connectivity index (χ1n) is 5.01. The van der Waals surface area contributed by atoms with Crippen molar-refractivity contribution in [3.05, 3.63) is 35.3 Å². The van der Waals surface area contributed by atoms with E-state index in [9.17, 15) is 16.8 Å². The minimum atomic E-state index is -4.65. The molecule has 10 heteroatoms. The van der Waals surface area contributed by atoms with Gasteiger partial charge in [0, 0.05) is 6.07 Å². The van der Waals surface area contributed by atoms with Crippen molar-refractivity contribution >= 4 is 36.7 Å². The summed E-state index contributed by atoms with van der Waals surface area (Å²) >= 11 is 0. The van der Waals surface area contributed by atoms with Crippen molar-refractivity contribution < 1.29 is 25.9 Å². The first-order chi connectivity index (χ1) is 9.13. The van der Waals surface area contributed by atoms with Gasteiger partial charge in [-0.05, 0) is 29.0 Å². The van der Waals surface area contributed by atoms with Gasteiger partial charge in [-0.2, -0.15) is 16.8 Å². The van der Waals surface area contributed by atoms with E-state index in [1.165, 1.54) is 6.07 Å². The quantitative estimate of drug-likeness (QED) is 0.636. The average molecular weight is 315 g/mol. The zero-order valence-electron chi connectivity index (χ0n) is 9.63. The van der Waals surface area contributed by atoms with Gasteiger partial charge in [0.1, 0.15) is 0 Å². The molecule has 0 unspecified atom stereocenters. The standard InChI is InChI=1S/C10H6N2O6S2/c11-12-9-4-6-1-2-8(19(13,14)15)3-7(6)5-10(9)20(16,17)18/h1-5H,(H-,13,14,15,16,17,18)/p+1. The highest BCUT2D eigenvalue weighted by Gasteiger charge is 2.25. The van der Waals surface area contributed by atoms with Crippen molar-refractivity contribution in [2.24, 2.45) is 0 Å². The van der Waals surface area contributed by atoms with Crippen LogP contribution < -0.4 is 0 Å². The zero-order valence-corrected chi connectivity index (χ0v) is 11.3. The molecule has 0 heterocycles. The van der Waals surface area contributed by atoms with E-state index in [4.69, 9.17) is 14.5 Å². The van der Waals surface area contributed by atoms with E-state index in [-0.39, 0.29) is 11.1 Å². The van der Waals surface area contributed by atoms with Gasteiger partial charge in [0.05, 0.1) is 4.90 Å². The molecule has 104 valence electrons. The van der Waals surface area contributed by atoms with Crippen LogP contribution in [-0.4, -0.2) is 25.9 Å². The van der Waals surface area contributed by atoms with Gasteiger partial charge in [-0.3, -0.25) is 9.11 Å². The molecule has 0 aliphatic carbocycles. The number of fused-ring (bicyclic) bond motifs is 1. The van der Waals surface area contributed by atoms with Crippen LogP contribution in [0.3, 0.4) is 0 Å². The molecule has 0 radical (unpaired) electrons. The molecule has 0 aliphatic rings. The molecule has 2 aromatic rings. The largest absolute Gasteiger partial charge is 0.406 e. The van der Waals surface area contributed by atoms with Crippen molar-refractivity contribution in [3.8, 4) is 0 Å². The monoisotopic (exact) mass is 315 g/mol. The first kappa shape index (κ1) is 14.4. The number of diazo groups is 1. The van der Waals surface area contributed by atoms with Crippen LogP contribution in [-0.2, 0) is 20.2 Å². The third kappa shape index (κ3) is 2.61. The fraction of sp³-hybridized carbons (Fsp3) is 0.